The fraction of sp³-hybridized carbons (Fsp3) is 0.800. The Morgan fingerprint density at radius 1 is 0.708 bits per heavy atom. The average molecular weight is 341 g/mol. The van der Waals surface area contributed by atoms with Crippen molar-refractivity contribution in [3.8, 4) is 0 Å². The maximum atomic E-state index is 11.2. The maximum absolute atomic E-state index is 11.2. The SMILES string of the molecule is CCCCCCCCCC=C(CCCCCCCC(=O)O)C(=O)O. The van der Waals surface area contributed by atoms with E-state index in [2.05, 4.69) is 6.92 Å². The highest BCUT2D eigenvalue weighted by Gasteiger charge is 2.06. The van der Waals surface area contributed by atoms with Crippen molar-refractivity contribution in [3.63, 3.8) is 0 Å². The molecular weight excluding hydrogens is 304 g/mol. The standard InChI is InChI=1S/C20H36O4/c1-2-3-4-5-6-7-9-12-15-18(20(23)24)16-13-10-8-11-14-17-19(21)22/h15H,2-14,16-17H2,1H3,(H,21,22)(H,23,24). The van der Waals surface area contributed by atoms with Crippen molar-refractivity contribution >= 4 is 11.9 Å². The number of allylic oxidation sites excluding steroid dienone is 1. The second-order valence-corrected chi connectivity index (χ2v) is 6.61. The lowest BCUT2D eigenvalue weighted by Crippen LogP contribution is -2.01. The van der Waals surface area contributed by atoms with Gasteiger partial charge in [-0.1, -0.05) is 70.8 Å². The van der Waals surface area contributed by atoms with Gasteiger partial charge in [0.2, 0.25) is 0 Å². The lowest BCUT2D eigenvalue weighted by Gasteiger charge is -2.04. The van der Waals surface area contributed by atoms with Gasteiger partial charge in [0, 0.05) is 12.0 Å². The summed E-state index contributed by atoms with van der Waals surface area (Å²) < 4.78 is 0. The fourth-order valence-electron chi connectivity index (χ4n) is 2.80. The van der Waals surface area contributed by atoms with E-state index in [4.69, 9.17) is 5.11 Å². The molecule has 0 radical (unpaired) electrons. The van der Waals surface area contributed by atoms with E-state index in [1.54, 1.807) is 0 Å². The van der Waals surface area contributed by atoms with Crippen molar-refractivity contribution in [2.24, 2.45) is 0 Å². The lowest BCUT2D eigenvalue weighted by molar-refractivity contribution is -0.137. The van der Waals surface area contributed by atoms with Crippen LogP contribution < -0.4 is 0 Å². The van der Waals surface area contributed by atoms with E-state index >= 15 is 0 Å². The van der Waals surface area contributed by atoms with Crippen LogP contribution in [-0.2, 0) is 9.59 Å². The van der Waals surface area contributed by atoms with Crippen LogP contribution in [0.15, 0.2) is 11.6 Å². The predicted octanol–water partition coefficient (Wildman–Crippen LogP) is 5.95. The molecule has 0 unspecified atom stereocenters. The molecule has 0 bridgehead atoms. The molecule has 0 rings (SSSR count). The van der Waals surface area contributed by atoms with Crippen LogP contribution in [0.5, 0.6) is 0 Å². The average Bonchev–Trinajstić information content (AvgIpc) is 2.53. The number of carbonyl (C=O) groups is 2. The summed E-state index contributed by atoms with van der Waals surface area (Å²) in [4.78, 5) is 21.6. The Bertz CT molecular complexity index is 361. The van der Waals surface area contributed by atoms with Crippen molar-refractivity contribution in [3.05, 3.63) is 11.6 Å². The quantitative estimate of drug-likeness (QED) is 0.253. The van der Waals surface area contributed by atoms with E-state index in [1.807, 2.05) is 6.08 Å². The summed E-state index contributed by atoms with van der Waals surface area (Å²) in [6, 6.07) is 0. The third-order valence-electron chi connectivity index (χ3n) is 4.31. The number of carboxylic acids is 2. The minimum atomic E-state index is -0.788. The molecule has 0 fully saturated rings. The summed E-state index contributed by atoms with van der Waals surface area (Å²) in [6.45, 7) is 2.22. The monoisotopic (exact) mass is 340 g/mol. The fourth-order valence-corrected chi connectivity index (χ4v) is 2.80. The molecule has 0 aromatic heterocycles. The third kappa shape index (κ3) is 15.6. The normalized spacial score (nSPS) is 11.6. The van der Waals surface area contributed by atoms with Crippen molar-refractivity contribution in [1.29, 1.82) is 0 Å². The zero-order valence-electron chi connectivity index (χ0n) is 15.4. The van der Waals surface area contributed by atoms with Crippen LogP contribution in [-0.4, -0.2) is 22.2 Å². The number of carboxylic acid groups (broad SMARTS) is 2. The minimum absolute atomic E-state index is 0.235. The molecule has 0 aromatic rings. The number of rotatable bonds is 17. The Hall–Kier alpha value is -1.32. The lowest BCUT2D eigenvalue weighted by atomic mass is 10.0. The topological polar surface area (TPSA) is 74.6 Å². The third-order valence-corrected chi connectivity index (χ3v) is 4.31. The van der Waals surface area contributed by atoms with Gasteiger partial charge < -0.3 is 10.2 Å². The molecule has 0 atom stereocenters. The first-order valence-electron chi connectivity index (χ1n) is 9.72. The molecule has 0 aliphatic carbocycles. The van der Waals surface area contributed by atoms with Crippen LogP contribution in [0.3, 0.4) is 0 Å². The highest BCUT2D eigenvalue weighted by Crippen LogP contribution is 2.15. The summed E-state index contributed by atoms with van der Waals surface area (Å²) in [7, 11) is 0. The smallest absolute Gasteiger partial charge is 0.331 e. The Morgan fingerprint density at radius 2 is 1.21 bits per heavy atom. The van der Waals surface area contributed by atoms with Gasteiger partial charge in [-0.3, -0.25) is 4.79 Å². The first-order valence-corrected chi connectivity index (χ1v) is 9.72. The Kier molecular flexibility index (Phi) is 15.6. The Labute approximate surface area is 147 Å². The zero-order chi connectivity index (χ0) is 18.0. The van der Waals surface area contributed by atoms with Gasteiger partial charge in [0.15, 0.2) is 0 Å². The molecule has 140 valence electrons. The molecule has 0 aliphatic rings. The Balaban J connectivity index is 3.69. The summed E-state index contributed by atoms with van der Waals surface area (Å²) in [5, 5.41) is 17.8. The predicted molar refractivity (Wildman–Crippen MR) is 98.3 cm³/mol. The maximum Gasteiger partial charge on any atom is 0.331 e. The number of aliphatic carboxylic acids is 2. The summed E-state index contributed by atoms with van der Waals surface area (Å²) in [5.41, 5.74) is 0.548. The van der Waals surface area contributed by atoms with E-state index in [0.29, 0.717) is 12.0 Å². The summed E-state index contributed by atoms with van der Waals surface area (Å²) in [6.07, 6.45) is 16.8. The molecule has 0 aromatic carbocycles. The van der Waals surface area contributed by atoms with Gasteiger partial charge in [0.25, 0.3) is 0 Å². The van der Waals surface area contributed by atoms with E-state index in [0.717, 1.165) is 44.9 Å². The van der Waals surface area contributed by atoms with Crippen LogP contribution in [0.25, 0.3) is 0 Å². The van der Waals surface area contributed by atoms with Gasteiger partial charge in [-0.2, -0.15) is 0 Å². The molecule has 0 aliphatic heterocycles. The van der Waals surface area contributed by atoms with Crippen molar-refractivity contribution in [1.82, 2.24) is 0 Å². The minimum Gasteiger partial charge on any atom is -0.481 e. The van der Waals surface area contributed by atoms with Crippen LogP contribution in [0.1, 0.15) is 103 Å². The van der Waals surface area contributed by atoms with Crippen LogP contribution in [0, 0.1) is 0 Å². The van der Waals surface area contributed by atoms with E-state index < -0.39 is 11.9 Å². The second kappa shape index (κ2) is 16.5. The molecule has 0 spiro atoms. The van der Waals surface area contributed by atoms with Crippen LogP contribution in [0.4, 0.5) is 0 Å². The largest absolute Gasteiger partial charge is 0.481 e. The highest BCUT2D eigenvalue weighted by atomic mass is 16.4. The first kappa shape index (κ1) is 22.7. The zero-order valence-corrected chi connectivity index (χ0v) is 15.4. The molecule has 2 N–H and O–H groups in total. The second-order valence-electron chi connectivity index (χ2n) is 6.61. The van der Waals surface area contributed by atoms with Gasteiger partial charge in [-0.25, -0.2) is 4.79 Å². The molecule has 0 heterocycles. The highest BCUT2D eigenvalue weighted by molar-refractivity contribution is 5.86. The number of hydrogen-bond acceptors (Lipinski definition) is 2. The van der Waals surface area contributed by atoms with Gasteiger partial charge >= 0.3 is 11.9 Å². The molecule has 0 saturated heterocycles. The summed E-state index contributed by atoms with van der Waals surface area (Å²) >= 11 is 0. The van der Waals surface area contributed by atoms with Crippen LogP contribution in [0.2, 0.25) is 0 Å². The van der Waals surface area contributed by atoms with Gasteiger partial charge in [-0.05, 0) is 32.1 Å². The van der Waals surface area contributed by atoms with Crippen molar-refractivity contribution < 1.29 is 19.8 Å². The first-order chi connectivity index (χ1) is 11.6. The van der Waals surface area contributed by atoms with Gasteiger partial charge in [-0.15, -0.1) is 0 Å². The molecular formula is C20H36O4. The van der Waals surface area contributed by atoms with E-state index in [-0.39, 0.29) is 6.42 Å². The molecule has 0 saturated carbocycles. The summed E-state index contributed by atoms with van der Waals surface area (Å²) in [5.74, 6) is -1.53. The van der Waals surface area contributed by atoms with E-state index in [1.165, 1.54) is 38.5 Å². The molecule has 4 heteroatoms. The molecule has 24 heavy (non-hydrogen) atoms. The number of unbranched alkanes of at least 4 members (excludes halogenated alkanes) is 11. The van der Waals surface area contributed by atoms with Crippen LogP contribution >= 0.6 is 0 Å². The van der Waals surface area contributed by atoms with Gasteiger partial charge in [0.05, 0.1) is 0 Å². The van der Waals surface area contributed by atoms with Crippen molar-refractivity contribution in [2.75, 3.05) is 0 Å². The van der Waals surface area contributed by atoms with E-state index in [9.17, 15) is 14.7 Å². The molecule has 0 amide bonds. The Morgan fingerprint density at radius 3 is 1.75 bits per heavy atom. The van der Waals surface area contributed by atoms with Crippen molar-refractivity contribution in [2.45, 2.75) is 103 Å². The molecule has 4 nitrogen and oxygen atoms in total. The number of hydrogen-bond donors (Lipinski definition) is 2. The van der Waals surface area contributed by atoms with Gasteiger partial charge in [0.1, 0.15) is 0 Å².